The number of benzene rings is 5. The summed E-state index contributed by atoms with van der Waals surface area (Å²) in [4.78, 5) is 2.21. The standard InChI is InChI=1S/C43H44F2N2O4/c44-36-22-12-10-20-34(36)40(42(48,32-16-6-2-7-17-32)38-28-46-24-26-50-38)41(35-21-11-13-23-37(35)45)43(49,33-18-8-3-9-19-33)39-30-47(25-27-51-39)29-31-14-4-1-5-15-31/h1-23,38-41,46,48-49H,24-30H2/t38-,39?,40?,41?,42+,43?/m1/s1. The minimum Gasteiger partial charge on any atom is -0.382 e. The highest BCUT2D eigenvalue weighted by molar-refractivity contribution is 5.44. The summed E-state index contributed by atoms with van der Waals surface area (Å²) >= 11 is 0. The van der Waals surface area contributed by atoms with E-state index in [-0.39, 0.29) is 17.7 Å². The van der Waals surface area contributed by atoms with E-state index in [1.54, 1.807) is 60.7 Å². The molecule has 0 spiro atoms. The van der Waals surface area contributed by atoms with Crippen molar-refractivity contribution in [3.8, 4) is 0 Å². The first-order valence-corrected chi connectivity index (χ1v) is 17.7. The van der Waals surface area contributed by atoms with Gasteiger partial charge in [-0.3, -0.25) is 4.90 Å². The lowest BCUT2D eigenvalue weighted by molar-refractivity contribution is -0.192. The van der Waals surface area contributed by atoms with Gasteiger partial charge in [0.2, 0.25) is 0 Å². The topological polar surface area (TPSA) is 74.2 Å². The van der Waals surface area contributed by atoms with Crippen LogP contribution in [0, 0.1) is 11.6 Å². The van der Waals surface area contributed by atoms with E-state index >= 15 is 8.78 Å². The van der Waals surface area contributed by atoms with Crippen molar-refractivity contribution in [3.05, 3.63) is 179 Å². The van der Waals surface area contributed by atoms with Gasteiger partial charge in [0.15, 0.2) is 0 Å². The molecule has 3 N–H and O–H groups in total. The van der Waals surface area contributed by atoms with Gasteiger partial charge in [-0.1, -0.05) is 127 Å². The first kappa shape index (κ1) is 35.1. The number of nitrogens with zero attached hydrogens (tertiary/aromatic N) is 1. The second kappa shape index (κ2) is 15.5. The molecule has 0 saturated carbocycles. The molecule has 2 fully saturated rings. The summed E-state index contributed by atoms with van der Waals surface area (Å²) in [6, 6.07) is 40.7. The third-order valence-corrected chi connectivity index (χ3v) is 10.5. The molecule has 6 nitrogen and oxygen atoms in total. The zero-order valence-electron chi connectivity index (χ0n) is 28.5. The molecule has 4 unspecified atom stereocenters. The molecule has 0 bridgehead atoms. The second-order valence-electron chi connectivity index (χ2n) is 13.5. The van der Waals surface area contributed by atoms with E-state index in [1.165, 1.54) is 12.1 Å². The highest BCUT2D eigenvalue weighted by atomic mass is 19.1. The van der Waals surface area contributed by atoms with Crippen LogP contribution in [0.3, 0.4) is 0 Å². The first-order valence-electron chi connectivity index (χ1n) is 17.7. The summed E-state index contributed by atoms with van der Waals surface area (Å²) < 4.78 is 46.1. The minimum atomic E-state index is -2.00. The van der Waals surface area contributed by atoms with Gasteiger partial charge in [0.05, 0.1) is 13.2 Å². The Hall–Kier alpha value is -4.28. The van der Waals surface area contributed by atoms with Gasteiger partial charge in [-0.05, 0) is 39.9 Å². The van der Waals surface area contributed by atoms with Crippen LogP contribution in [0.15, 0.2) is 140 Å². The van der Waals surface area contributed by atoms with E-state index in [0.717, 1.165) is 5.56 Å². The molecule has 5 aromatic carbocycles. The SMILES string of the molecule is OC(c1ccccc1)(C1CN(Cc2ccccc2)CCO1)C(c1ccccc1F)C(c1ccccc1F)[C@](O)(c1ccccc1)[C@H]1CNCCO1. The molecule has 0 amide bonds. The summed E-state index contributed by atoms with van der Waals surface area (Å²) in [6.45, 7) is 2.95. The van der Waals surface area contributed by atoms with Gasteiger partial charge in [-0.25, -0.2) is 8.78 Å². The van der Waals surface area contributed by atoms with Crippen molar-refractivity contribution < 1.29 is 28.5 Å². The van der Waals surface area contributed by atoms with Crippen molar-refractivity contribution in [1.82, 2.24) is 10.2 Å². The molecule has 5 aromatic rings. The highest BCUT2D eigenvalue weighted by Crippen LogP contribution is 2.57. The number of halogens is 2. The molecule has 7 rings (SSSR count). The third-order valence-electron chi connectivity index (χ3n) is 10.5. The number of rotatable bonds is 11. The third kappa shape index (κ3) is 7.00. The Bertz CT molecular complexity index is 1860. The minimum absolute atomic E-state index is 0.123. The molecule has 264 valence electrons. The number of ether oxygens (including phenoxy) is 2. The average Bonchev–Trinajstić information content (AvgIpc) is 3.19. The average molecular weight is 691 g/mol. The Morgan fingerprint density at radius 1 is 0.627 bits per heavy atom. The van der Waals surface area contributed by atoms with Crippen LogP contribution in [0.4, 0.5) is 8.78 Å². The van der Waals surface area contributed by atoms with Crippen molar-refractivity contribution in [2.45, 2.75) is 41.8 Å². The van der Waals surface area contributed by atoms with Gasteiger partial charge < -0.3 is 25.0 Å². The molecule has 0 aliphatic carbocycles. The predicted octanol–water partition coefficient (Wildman–Crippen LogP) is 6.50. The van der Waals surface area contributed by atoms with Gasteiger partial charge >= 0.3 is 0 Å². The monoisotopic (exact) mass is 690 g/mol. The van der Waals surface area contributed by atoms with Gasteiger partial charge in [-0.15, -0.1) is 0 Å². The van der Waals surface area contributed by atoms with Crippen molar-refractivity contribution in [1.29, 1.82) is 0 Å². The van der Waals surface area contributed by atoms with E-state index in [9.17, 15) is 10.2 Å². The number of hydrogen-bond acceptors (Lipinski definition) is 6. The number of aliphatic hydroxyl groups is 2. The van der Waals surface area contributed by atoms with Crippen LogP contribution in [0.25, 0.3) is 0 Å². The molecule has 2 aliphatic heterocycles. The lowest BCUT2D eigenvalue weighted by Gasteiger charge is -2.53. The fraction of sp³-hybridized carbons (Fsp3) is 0.302. The van der Waals surface area contributed by atoms with Crippen LogP contribution in [0.5, 0.6) is 0 Å². The Morgan fingerprint density at radius 2 is 1.10 bits per heavy atom. The highest BCUT2D eigenvalue weighted by Gasteiger charge is 2.60. The predicted molar refractivity (Wildman–Crippen MR) is 193 cm³/mol. The van der Waals surface area contributed by atoms with Crippen molar-refractivity contribution >= 4 is 0 Å². The number of nitrogens with one attached hydrogen (secondary N) is 1. The fourth-order valence-corrected chi connectivity index (χ4v) is 8.14. The van der Waals surface area contributed by atoms with E-state index < -0.39 is 46.9 Å². The van der Waals surface area contributed by atoms with Crippen LogP contribution >= 0.6 is 0 Å². The Kier molecular flexibility index (Phi) is 10.7. The zero-order valence-corrected chi connectivity index (χ0v) is 28.5. The number of hydrogen-bond donors (Lipinski definition) is 3. The van der Waals surface area contributed by atoms with Crippen molar-refractivity contribution in [2.75, 3.05) is 39.4 Å². The molecular weight excluding hydrogens is 646 g/mol. The van der Waals surface area contributed by atoms with Crippen LogP contribution in [-0.2, 0) is 27.2 Å². The molecular formula is C43H44F2N2O4. The molecule has 2 saturated heterocycles. The first-order chi connectivity index (χ1) is 24.9. The molecule has 2 aliphatic rings. The molecule has 6 atom stereocenters. The largest absolute Gasteiger partial charge is 0.382 e. The van der Waals surface area contributed by atoms with E-state index in [4.69, 9.17) is 9.47 Å². The maximum absolute atomic E-state index is 16.6. The van der Waals surface area contributed by atoms with Gasteiger partial charge in [0.1, 0.15) is 35.0 Å². The summed E-state index contributed by atoms with van der Waals surface area (Å²) in [5, 5.41) is 30.8. The van der Waals surface area contributed by atoms with Gasteiger partial charge in [0, 0.05) is 44.6 Å². The van der Waals surface area contributed by atoms with Crippen molar-refractivity contribution in [3.63, 3.8) is 0 Å². The van der Waals surface area contributed by atoms with E-state index in [2.05, 4.69) is 22.3 Å². The zero-order chi connectivity index (χ0) is 35.3. The Morgan fingerprint density at radius 3 is 1.61 bits per heavy atom. The summed E-state index contributed by atoms with van der Waals surface area (Å²) in [6.07, 6.45) is -1.81. The second-order valence-corrected chi connectivity index (χ2v) is 13.5. The molecule has 51 heavy (non-hydrogen) atoms. The molecule has 0 aromatic heterocycles. The molecule has 2 heterocycles. The number of morpholine rings is 2. The van der Waals surface area contributed by atoms with Crippen molar-refractivity contribution in [2.24, 2.45) is 0 Å². The quantitative estimate of drug-likeness (QED) is 0.147. The summed E-state index contributed by atoms with van der Waals surface area (Å²) in [5.74, 6) is -3.77. The van der Waals surface area contributed by atoms with Crippen LogP contribution in [0.1, 0.15) is 39.7 Å². The van der Waals surface area contributed by atoms with Gasteiger partial charge in [0.25, 0.3) is 0 Å². The molecule has 8 heteroatoms. The van der Waals surface area contributed by atoms with Crippen LogP contribution in [-0.4, -0.2) is 66.7 Å². The van der Waals surface area contributed by atoms with Crippen LogP contribution in [0.2, 0.25) is 0 Å². The molecule has 0 radical (unpaired) electrons. The van der Waals surface area contributed by atoms with E-state index in [1.807, 2.05) is 54.6 Å². The lowest BCUT2D eigenvalue weighted by Crippen LogP contribution is -2.61. The van der Waals surface area contributed by atoms with E-state index in [0.29, 0.717) is 50.5 Å². The van der Waals surface area contributed by atoms with Gasteiger partial charge in [-0.2, -0.15) is 0 Å². The fourth-order valence-electron chi connectivity index (χ4n) is 8.14. The Labute approximate surface area is 298 Å². The summed E-state index contributed by atoms with van der Waals surface area (Å²) in [7, 11) is 0. The van der Waals surface area contributed by atoms with Crippen LogP contribution < -0.4 is 5.32 Å². The Balaban J connectivity index is 1.50. The normalized spacial score (nSPS) is 22.0. The smallest absolute Gasteiger partial charge is 0.126 e. The lowest BCUT2D eigenvalue weighted by atomic mass is 9.58. The summed E-state index contributed by atoms with van der Waals surface area (Å²) in [5.41, 5.74) is -1.71. The maximum Gasteiger partial charge on any atom is 0.126 e. The maximum atomic E-state index is 16.6.